The maximum absolute atomic E-state index is 9.07. The van der Waals surface area contributed by atoms with Gasteiger partial charge in [0, 0.05) is 22.5 Å². The highest BCUT2D eigenvalue weighted by Crippen LogP contribution is 2.30. The van der Waals surface area contributed by atoms with Crippen LogP contribution in [-0.4, -0.2) is 15.0 Å². The summed E-state index contributed by atoms with van der Waals surface area (Å²) < 4.78 is 0. The van der Waals surface area contributed by atoms with Crippen LogP contribution in [0.2, 0.25) is 0 Å². The largest absolute Gasteiger partial charge is 0.338 e. The Morgan fingerprint density at radius 2 is 1.96 bits per heavy atom. The van der Waals surface area contributed by atoms with Crippen LogP contribution in [0.25, 0.3) is 33.1 Å². The van der Waals surface area contributed by atoms with Gasteiger partial charge < -0.3 is 4.98 Å². The Morgan fingerprint density at radius 1 is 1.09 bits per heavy atom. The second-order valence-electron chi connectivity index (χ2n) is 5.48. The molecule has 0 amide bonds. The van der Waals surface area contributed by atoms with Crippen LogP contribution in [0, 0.1) is 11.3 Å². The summed E-state index contributed by atoms with van der Waals surface area (Å²) in [4.78, 5) is 11.9. The first-order valence-corrected chi connectivity index (χ1v) is 7.56. The summed E-state index contributed by atoms with van der Waals surface area (Å²) in [5, 5.41) is 11.1. The van der Waals surface area contributed by atoms with Gasteiger partial charge in [0.2, 0.25) is 0 Å². The van der Waals surface area contributed by atoms with Gasteiger partial charge in [0.25, 0.3) is 0 Å². The van der Waals surface area contributed by atoms with Crippen molar-refractivity contribution in [2.45, 2.75) is 13.3 Å². The van der Waals surface area contributed by atoms with E-state index in [1.807, 2.05) is 18.3 Å². The predicted molar refractivity (Wildman–Crippen MR) is 90.9 cm³/mol. The van der Waals surface area contributed by atoms with E-state index in [0.29, 0.717) is 5.69 Å². The molecule has 1 N–H and O–H groups in total. The highest BCUT2D eigenvalue weighted by Gasteiger charge is 2.10. The molecule has 4 nitrogen and oxygen atoms in total. The molecule has 3 aromatic heterocycles. The lowest BCUT2D eigenvalue weighted by Gasteiger charge is -2.07. The molecule has 0 aliphatic carbocycles. The highest BCUT2D eigenvalue weighted by atomic mass is 14.9. The van der Waals surface area contributed by atoms with Crippen molar-refractivity contribution in [3.05, 3.63) is 60.0 Å². The molecule has 23 heavy (non-hydrogen) atoms. The standard InChI is InChI=1S/C19H14N4/c1-2-12-5-3-4-6-15(12)13-7-17-16-8-14(9-20)21-11-18(16)23-19(17)22-10-13/h3-8,10-11H,2H2,1H3,(H,22,23). The average Bonchev–Trinajstić information content (AvgIpc) is 2.98. The van der Waals surface area contributed by atoms with Crippen LogP contribution in [0.5, 0.6) is 0 Å². The molecule has 4 rings (SSSR count). The summed E-state index contributed by atoms with van der Waals surface area (Å²) in [6.07, 6.45) is 4.56. The third kappa shape index (κ3) is 2.14. The number of pyridine rings is 2. The molecule has 0 spiro atoms. The molecule has 0 saturated carbocycles. The van der Waals surface area contributed by atoms with Crippen molar-refractivity contribution in [2.75, 3.05) is 0 Å². The molecule has 0 atom stereocenters. The second kappa shape index (κ2) is 5.22. The number of fused-ring (bicyclic) bond motifs is 3. The molecule has 0 saturated heterocycles. The lowest BCUT2D eigenvalue weighted by Crippen LogP contribution is -1.88. The van der Waals surface area contributed by atoms with E-state index in [1.165, 1.54) is 11.1 Å². The quantitative estimate of drug-likeness (QED) is 0.602. The van der Waals surface area contributed by atoms with Gasteiger partial charge in [-0.25, -0.2) is 9.97 Å². The van der Waals surface area contributed by atoms with Crippen molar-refractivity contribution in [2.24, 2.45) is 0 Å². The molecule has 3 heterocycles. The summed E-state index contributed by atoms with van der Waals surface area (Å²) >= 11 is 0. The maximum atomic E-state index is 9.07. The van der Waals surface area contributed by atoms with Crippen molar-refractivity contribution < 1.29 is 0 Å². The Balaban J connectivity index is 2.00. The molecule has 0 fully saturated rings. The van der Waals surface area contributed by atoms with Gasteiger partial charge in [-0.05, 0) is 29.7 Å². The average molecular weight is 298 g/mol. The third-order valence-electron chi connectivity index (χ3n) is 4.16. The first-order chi connectivity index (χ1) is 11.3. The van der Waals surface area contributed by atoms with Gasteiger partial charge in [-0.2, -0.15) is 5.26 Å². The first-order valence-electron chi connectivity index (χ1n) is 7.56. The van der Waals surface area contributed by atoms with Crippen LogP contribution in [0.15, 0.2) is 48.8 Å². The van der Waals surface area contributed by atoms with Gasteiger partial charge >= 0.3 is 0 Å². The summed E-state index contributed by atoms with van der Waals surface area (Å²) in [5.74, 6) is 0. The maximum Gasteiger partial charge on any atom is 0.141 e. The lowest BCUT2D eigenvalue weighted by atomic mass is 9.98. The fourth-order valence-electron chi connectivity index (χ4n) is 2.99. The van der Waals surface area contributed by atoms with Crippen LogP contribution < -0.4 is 0 Å². The van der Waals surface area contributed by atoms with Crippen molar-refractivity contribution in [3.63, 3.8) is 0 Å². The summed E-state index contributed by atoms with van der Waals surface area (Å²) in [6.45, 7) is 2.15. The molecule has 110 valence electrons. The van der Waals surface area contributed by atoms with Crippen molar-refractivity contribution >= 4 is 21.9 Å². The number of aryl methyl sites for hydroxylation is 1. The van der Waals surface area contributed by atoms with Crippen LogP contribution in [-0.2, 0) is 6.42 Å². The molecular weight excluding hydrogens is 284 g/mol. The highest BCUT2D eigenvalue weighted by molar-refractivity contribution is 6.07. The number of nitriles is 1. The van der Waals surface area contributed by atoms with Gasteiger partial charge in [-0.3, -0.25) is 0 Å². The van der Waals surface area contributed by atoms with Crippen LogP contribution in [0.1, 0.15) is 18.2 Å². The van der Waals surface area contributed by atoms with Crippen LogP contribution in [0.4, 0.5) is 0 Å². The van der Waals surface area contributed by atoms with Crippen LogP contribution in [0.3, 0.4) is 0 Å². The van der Waals surface area contributed by atoms with Crippen molar-refractivity contribution in [1.82, 2.24) is 15.0 Å². The van der Waals surface area contributed by atoms with Crippen molar-refractivity contribution in [1.29, 1.82) is 5.26 Å². The molecule has 4 heteroatoms. The minimum Gasteiger partial charge on any atom is -0.338 e. The van der Waals surface area contributed by atoms with E-state index in [0.717, 1.165) is 33.9 Å². The van der Waals surface area contributed by atoms with E-state index >= 15 is 0 Å². The number of hydrogen-bond acceptors (Lipinski definition) is 3. The van der Waals surface area contributed by atoms with Gasteiger partial charge in [-0.15, -0.1) is 0 Å². The normalized spacial score (nSPS) is 11.0. The van der Waals surface area contributed by atoms with Crippen LogP contribution >= 0.6 is 0 Å². The second-order valence-corrected chi connectivity index (χ2v) is 5.48. The Hall–Kier alpha value is -3.19. The number of hydrogen-bond donors (Lipinski definition) is 1. The fourth-order valence-corrected chi connectivity index (χ4v) is 2.99. The zero-order chi connectivity index (χ0) is 15.8. The number of rotatable bonds is 2. The molecular formula is C19H14N4. The molecule has 0 bridgehead atoms. The minimum atomic E-state index is 0.415. The van der Waals surface area contributed by atoms with E-state index in [2.05, 4.69) is 52.2 Å². The Bertz CT molecular complexity index is 1070. The van der Waals surface area contributed by atoms with Gasteiger partial charge in [0.15, 0.2) is 0 Å². The molecule has 0 unspecified atom stereocenters. The Labute approximate surface area is 133 Å². The smallest absolute Gasteiger partial charge is 0.141 e. The molecule has 1 aromatic carbocycles. The fraction of sp³-hybridized carbons (Fsp3) is 0.105. The van der Waals surface area contributed by atoms with E-state index in [9.17, 15) is 0 Å². The van der Waals surface area contributed by atoms with Gasteiger partial charge in [-0.1, -0.05) is 31.2 Å². The number of aromatic amines is 1. The molecule has 0 aliphatic rings. The number of benzene rings is 1. The Kier molecular flexibility index (Phi) is 3.06. The Morgan fingerprint density at radius 3 is 2.78 bits per heavy atom. The first kappa shape index (κ1) is 13.5. The summed E-state index contributed by atoms with van der Waals surface area (Å²) in [6, 6.07) is 14.4. The monoisotopic (exact) mass is 298 g/mol. The third-order valence-corrected chi connectivity index (χ3v) is 4.16. The number of H-pyrrole nitrogens is 1. The topological polar surface area (TPSA) is 65.4 Å². The molecule has 0 aliphatic heterocycles. The summed E-state index contributed by atoms with van der Waals surface area (Å²) in [5.41, 5.74) is 5.71. The van der Waals surface area contributed by atoms with E-state index in [1.54, 1.807) is 6.20 Å². The van der Waals surface area contributed by atoms with E-state index in [-0.39, 0.29) is 0 Å². The summed E-state index contributed by atoms with van der Waals surface area (Å²) in [7, 11) is 0. The SMILES string of the molecule is CCc1ccccc1-c1cnc2[nH]c3cnc(C#N)cc3c2c1. The number of aromatic nitrogens is 3. The lowest BCUT2D eigenvalue weighted by molar-refractivity contribution is 1.14. The zero-order valence-corrected chi connectivity index (χ0v) is 12.7. The molecule has 0 radical (unpaired) electrons. The van der Waals surface area contributed by atoms with E-state index in [4.69, 9.17) is 5.26 Å². The number of nitrogens with zero attached hydrogens (tertiary/aromatic N) is 3. The van der Waals surface area contributed by atoms with Gasteiger partial charge in [0.1, 0.15) is 17.4 Å². The number of nitrogens with one attached hydrogen (secondary N) is 1. The van der Waals surface area contributed by atoms with E-state index < -0.39 is 0 Å². The zero-order valence-electron chi connectivity index (χ0n) is 12.7. The van der Waals surface area contributed by atoms with Crippen molar-refractivity contribution in [3.8, 4) is 17.2 Å². The van der Waals surface area contributed by atoms with Gasteiger partial charge in [0.05, 0.1) is 11.7 Å². The molecule has 4 aromatic rings. The predicted octanol–water partition coefficient (Wildman–Crippen LogP) is 4.21. The minimum absolute atomic E-state index is 0.415.